The summed E-state index contributed by atoms with van der Waals surface area (Å²) in [5.41, 5.74) is 12.6. The minimum Gasteiger partial charge on any atom is -0.456 e. The Hall–Kier alpha value is -5.61. The summed E-state index contributed by atoms with van der Waals surface area (Å²) >= 11 is 0. The first-order valence-electron chi connectivity index (χ1n) is 15.0. The van der Waals surface area contributed by atoms with Crippen LogP contribution in [0.4, 0.5) is 17.1 Å². The van der Waals surface area contributed by atoms with Crippen molar-refractivity contribution >= 4 is 50.1 Å². The maximum absolute atomic E-state index is 6.47. The Labute approximate surface area is 254 Å². The van der Waals surface area contributed by atoms with Gasteiger partial charge in [0.1, 0.15) is 16.7 Å². The fourth-order valence-electron chi connectivity index (χ4n) is 6.90. The van der Waals surface area contributed by atoms with E-state index in [4.69, 9.17) is 13.8 Å². The summed E-state index contributed by atoms with van der Waals surface area (Å²) < 4.78 is 12.6. The highest BCUT2D eigenvalue weighted by Gasteiger charge is 2.35. The van der Waals surface area contributed by atoms with Gasteiger partial charge in [-0.2, -0.15) is 0 Å². The van der Waals surface area contributed by atoms with Gasteiger partial charge in [0.15, 0.2) is 5.58 Å². The van der Waals surface area contributed by atoms with Crippen LogP contribution in [-0.4, -0.2) is 4.98 Å². The molecule has 6 aromatic carbocycles. The molecule has 0 radical (unpaired) electrons. The van der Waals surface area contributed by atoms with Crippen LogP contribution in [0.15, 0.2) is 142 Å². The zero-order chi connectivity index (χ0) is 29.4. The van der Waals surface area contributed by atoms with Crippen LogP contribution >= 0.6 is 0 Å². The third-order valence-corrected chi connectivity index (χ3v) is 9.08. The number of furan rings is 1. The van der Waals surface area contributed by atoms with Crippen LogP contribution in [0, 0.1) is 0 Å². The average Bonchev–Trinajstić information content (AvgIpc) is 3.71. The summed E-state index contributed by atoms with van der Waals surface area (Å²) in [5, 5.41) is 2.07. The number of oxazole rings is 1. The lowest BCUT2D eigenvalue weighted by molar-refractivity contribution is 0.617. The van der Waals surface area contributed by atoms with Crippen molar-refractivity contribution in [3.8, 4) is 22.6 Å². The van der Waals surface area contributed by atoms with Gasteiger partial charge in [0.2, 0.25) is 5.89 Å². The number of anilines is 3. The number of hydrogen-bond acceptors (Lipinski definition) is 4. The molecule has 0 atom stereocenters. The van der Waals surface area contributed by atoms with Crippen molar-refractivity contribution in [3.63, 3.8) is 0 Å². The van der Waals surface area contributed by atoms with Crippen LogP contribution in [0.1, 0.15) is 25.0 Å². The molecule has 1 aliphatic rings. The Morgan fingerprint density at radius 3 is 2.05 bits per heavy atom. The molecule has 2 heterocycles. The van der Waals surface area contributed by atoms with Crippen LogP contribution < -0.4 is 4.90 Å². The Bertz CT molecular complexity index is 2360. The first-order chi connectivity index (χ1) is 21.5. The van der Waals surface area contributed by atoms with Crippen molar-refractivity contribution in [2.75, 3.05) is 4.90 Å². The molecule has 0 bridgehead atoms. The number of nitrogens with zero attached hydrogens (tertiary/aromatic N) is 2. The van der Waals surface area contributed by atoms with Gasteiger partial charge in [0.25, 0.3) is 0 Å². The molecule has 0 N–H and O–H groups in total. The van der Waals surface area contributed by atoms with Crippen molar-refractivity contribution in [1.29, 1.82) is 0 Å². The van der Waals surface area contributed by atoms with Gasteiger partial charge >= 0.3 is 0 Å². The zero-order valence-corrected chi connectivity index (χ0v) is 24.4. The van der Waals surface area contributed by atoms with Crippen molar-refractivity contribution < 1.29 is 8.83 Å². The van der Waals surface area contributed by atoms with Crippen LogP contribution in [0.3, 0.4) is 0 Å². The maximum atomic E-state index is 6.47. The molecule has 1 aliphatic carbocycles. The Morgan fingerprint density at radius 2 is 1.20 bits per heavy atom. The molecular weight excluding hydrogens is 540 g/mol. The third kappa shape index (κ3) is 3.67. The van der Waals surface area contributed by atoms with Gasteiger partial charge in [0, 0.05) is 50.9 Å². The SMILES string of the molecule is CC1(C)c2ccccc2-c2cc(N(c3ccccc3)c3ccc4c(c3)oc3cc5oc(-c6ccccc6)nc5cc34)ccc21. The van der Waals surface area contributed by atoms with E-state index in [1.165, 1.54) is 22.3 Å². The molecule has 0 saturated carbocycles. The second-order valence-corrected chi connectivity index (χ2v) is 12.1. The van der Waals surface area contributed by atoms with Crippen molar-refractivity contribution in [1.82, 2.24) is 4.98 Å². The van der Waals surface area contributed by atoms with E-state index in [2.05, 4.69) is 116 Å². The van der Waals surface area contributed by atoms with Gasteiger partial charge in [0.05, 0.1) is 0 Å². The highest BCUT2D eigenvalue weighted by Crippen LogP contribution is 2.50. The summed E-state index contributed by atoms with van der Waals surface area (Å²) in [7, 11) is 0. The van der Waals surface area contributed by atoms with Gasteiger partial charge < -0.3 is 13.7 Å². The van der Waals surface area contributed by atoms with E-state index in [-0.39, 0.29) is 5.41 Å². The maximum Gasteiger partial charge on any atom is 0.227 e. The lowest BCUT2D eigenvalue weighted by Gasteiger charge is -2.27. The molecule has 0 saturated heterocycles. The molecular formula is C40H28N2O2. The molecule has 44 heavy (non-hydrogen) atoms. The lowest BCUT2D eigenvalue weighted by Crippen LogP contribution is -2.15. The van der Waals surface area contributed by atoms with Gasteiger partial charge in [-0.1, -0.05) is 80.6 Å². The van der Waals surface area contributed by atoms with Gasteiger partial charge in [-0.25, -0.2) is 4.98 Å². The summed E-state index contributed by atoms with van der Waals surface area (Å²) in [4.78, 5) is 7.09. The molecule has 0 amide bonds. The quantitative estimate of drug-likeness (QED) is 0.212. The molecule has 2 aromatic heterocycles. The molecule has 210 valence electrons. The Morgan fingerprint density at radius 1 is 0.523 bits per heavy atom. The summed E-state index contributed by atoms with van der Waals surface area (Å²) in [6.45, 7) is 4.63. The van der Waals surface area contributed by atoms with Crippen LogP contribution in [0.25, 0.3) is 55.6 Å². The zero-order valence-electron chi connectivity index (χ0n) is 24.4. The molecule has 0 aliphatic heterocycles. The smallest absolute Gasteiger partial charge is 0.227 e. The predicted octanol–water partition coefficient (Wildman–Crippen LogP) is 11.2. The molecule has 4 heteroatoms. The molecule has 9 rings (SSSR count). The van der Waals surface area contributed by atoms with E-state index in [0.29, 0.717) is 11.5 Å². The molecule has 4 nitrogen and oxygen atoms in total. The van der Waals surface area contributed by atoms with Gasteiger partial charge in [-0.05, 0) is 76.9 Å². The van der Waals surface area contributed by atoms with Crippen molar-refractivity contribution in [2.24, 2.45) is 0 Å². The fourth-order valence-corrected chi connectivity index (χ4v) is 6.90. The molecule has 0 fully saturated rings. The highest BCUT2D eigenvalue weighted by molar-refractivity contribution is 6.09. The minimum absolute atomic E-state index is 0.0366. The minimum atomic E-state index is -0.0366. The van der Waals surface area contributed by atoms with E-state index < -0.39 is 0 Å². The van der Waals surface area contributed by atoms with E-state index in [1.54, 1.807) is 0 Å². The first kappa shape index (κ1) is 24.9. The van der Waals surface area contributed by atoms with E-state index in [9.17, 15) is 0 Å². The number of benzene rings is 6. The van der Waals surface area contributed by atoms with E-state index >= 15 is 0 Å². The number of rotatable bonds is 4. The first-order valence-corrected chi connectivity index (χ1v) is 15.0. The van der Waals surface area contributed by atoms with Gasteiger partial charge in [-0.3, -0.25) is 0 Å². The number of hydrogen-bond donors (Lipinski definition) is 0. The topological polar surface area (TPSA) is 42.4 Å². The Kier molecular flexibility index (Phi) is 5.21. The second kappa shape index (κ2) is 9.19. The highest BCUT2D eigenvalue weighted by atomic mass is 16.4. The average molecular weight is 569 g/mol. The summed E-state index contributed by atoms with van der Waals surface area (Å²) in [6.07, 6.45) is 0. The fraction of sp³-hybridized carbons (Fsp3) is 0.0750. The normalized spacial score (nSPS) is 13.4. The second-order valence-electron chi connectivity index (χ2n) is 12.1. The number of para-hydroxylation sites is 1. The number of fused-ring (bicyclic) bond motifs is 7. The lowest BCUT2D eigenvalue weighted by atomic mass is 9.82. The largest absolute Gasteiger partial charge is 0.456 e. The van der Waals surface area contributed by atoms with Crippen molar-refractivity contribution in [3.05, 3.63) is 145 Å². The van der Waals surface area contributed by atoms with E-state index in [0.717, 1.165) is 50.1 Å². The Balaban J connectivity index is 1.18. The van der Waals surface area contributed by atoms with Crippen LogP contribution in [-0.2, 0) is 5.41 Å². The van der Waals surface area contributed by atoms with E-state index in [1.807, 2.05) is 36.4 Å². The summed E-state index contributed by atoms with van der Waals surface area (Å²) in [5.74, 6) is 0.610. The van der Waals surface area contributed by atoms with Crippen LogP contribution in [0.2, 0.25) is 0 Å². The summed E-state index contributed by atoms with van der Waals surface area (Å²) in [6, 6.07) is 46.6. The number of aromatic nitrogens is 1. The molecule has 0 unspecified atom stereocenters. The molecule has 0 spiro atoms. The predicted molar refractivity (Wildman–Crippen MR) is 179 cm³/mol. The third-order valence-electron chi connectivity index (χ3n) is 9.08. The monoisotopic (exact) mass is 568 g/mol. The molecule has 8 aromatic rings. The standard InChI is InChI=1S/C40H28N2O2/c1-40(2)33-16-10-9-15-29(33)31-21-27(18-20-34(31)40)42(26-13-7-4-8-14-26)28-17-19-30-32-23-35-38(24-37(32)43-36(30)22-28)44-39(41-35)25-11-5-3-6-12-25/h3-24H,1-2H3. The van der Waals surface area contributed by atoms with Crippen LogP contribution in [0.5, 0.6) is 0 Å². The van der Waals surface area contributed by atoms with Gasteiger partial charge in [-0.15, -0.1) is 0 Å². The van der Waals surface area contributed by atoms with Crippen molar-refractivity contribution in [2.45, 2.75) is 19.3 Å².